The van der Waals surface area contributed by atoms with Gasteiger partial charge in [-0.15, -0.1) is 0 Å². The van der Waals surface area contributed by atoms with E-state index in [0.717, 1.165) is 11.1 Å². The highest BCUT2D eigenvalue weighted by Gasteiger charge is 2.25. The van der Waals surface area contributed by atoms with E-state index in [1.165, 1.54) is 16.8 Å². The van der Waals surface area contributed by atoms with Crippen LogP contribution in [0.2, 0.25) is 0 Å². The Kier molecular flexibility index (Phi) is 5.58. The zero-order chi connectivity index (χ0) is 24.1. The van der Waals surface area contributed by atoms with Crippen molar-refractivity contribution in [2.45, 2.75) is 51.0 Å². The van der Waals surface area contributed by atoms with Crippen LogP contribution in [-0.2, 0) is 15.4 Å². The summed E-state index contributed by atoms with van der Waals surface area (Å²) in [6, 6.07) is 10.7. The van der Waals surface area contributed by atoms with Gasteiger partial charge in [-0.2, -0.15) is 5.10 Å². The van der Waals surface area contributed by atoms with Gasteiger partial charge in [0.15, 0.2) is 0 Å². The van der Waals surface area contributed by atoms with Gasteiger partial charge in [-0.25, -0.2) is 22.6 Å². The third kappa shape index (κ3) is 4.26. The lowest BCUT2D eigenvalue weighted by Crippen LogP contribution is -2.30. The largest absolute Gasteiger partial charge is 0.288 e. The lowest BCUT2D eigenvalue weighted by molar-refractivity contribution is 0.237. The predicted octanol–water partition coefficient (Wildman–Crippen LogP) is 5.03. The molecule has 1 aliphatic rings. The Bertz CT molecular complexity index is 1360. The number of fused-ring (bicyclic) bond motifs is 1. The van der Waals surface area contributed by atoms with Crippen LogP contribution in [0, 0.1) is 12.7 Å². The minimum absolute atomic E-state index is 0.177. The number of aromatic nitrogens is 2. The molecule has 0 fully saturated rings. The lowest BCUT2D eigenvalue weighted by atomic mass is 9.87. The van der Waals surface area contributed by atoms with Gasteiger partial charge < -0.3 is 0 Å². The first-order chi connectivity index (χ1) is 15.4. The highest BCUT2D eigenvalue weighted by molar-refractivity contribution is 7.92. The third-order valence-electron chi connectivity index (χ3n) is 5.59. The monoisotopic (exact) mass is 470 g/mol. The van der Waals surface area contributed by atoms with E-state index in [9.17, 15) is 18.0 Å². The van der Waals surface area contributed by atoms with Crippen LogP contribution in [0.5, 0.6) is 0 Å². The second kappa shape index (κ2) is 8.00. The molecule has 0 saturated heterocycles. The molecule has 0 bridgehead atoms. The maximum atomic E-state index is 14.7. The molecule has 1 unspecified atom stereocenters. The Hall–Kier alpha value is -3.17. The standard InChI is InChI=1S/C24H27FN4O3S/c1-15-13-23(27-33(31,32)17-10-12-19(20(25)14-17)24(3,4)5)28(26-15)21-7-6-8-22-18(21)11-9-16(2)29(22)30/h6-14,16,27,30H,1-5H3. The summed E-state index contributed by atoms with van der Waals surface area (Å²) in [6.45, 7) is 9.19. The van der Waals surface area contributed by atoms with E-state index in [2.05, 4.69) is 9.82 Å². The van der Waals surface area contributed by atoms with Crippen LogP contribution in [0.4, 0.5) is 15.9 Å². The average Bonchev–Trinajstić information content (AvgIpc) is 3.08. The van der Waals surface area contributed by atoms with Crippen molar-refractivity contribution in [1.82, 2.24) is 9.78 Å². The summed E-state index contributed by atoms with van der Waals surface area (Å²) >= 11 is 0. The van der Waals surface area contributed by atoms with Crippen LogP contribution in [-0.4, -0.2) is 29.4 Å². The molecule has 0 saturated carbocycles. The number of halogens is 1. The molecule has 1 atom stereocenters. The van der Waals surface area contributed by atoms with E-state index in [-0.39, 0.29) is 16.8 Å². The fraction of sp³-hybridized carbons (Fsp3) is 0.292. The van der Waals surface area contributed by atoms with Gasteiger partial charge in [-0.3, -0.25) is 9.93 Å². The fourth-order valence-electron chi connectivity index (χ4n) is 3.86. The molecule has 1 aromatic heterocycles. The predicted molar refractivity (Wildman–Crippen MR) is 127 cm³/mol. The number of sulfonamides is 1. The van der Waals surface area contributed by atoms with Crippen molar-refractivity contribution in [2.24, 2.45) is 0 Å². The Morgan fingerprint density at radius 2 is 1.82 bits per heavy atom. The zero-order valence-corrected chi connectivity index (χ0v) is 20.0. The van der Waals surface area contributed by atoms with Crippen LogP contribution in [0.1, 0.15) is 44.5 Å². The van der Waals surface area contributed by atoms with Crippen molar-refractivity contribution in [2.75, 3.05) is 9.79 Å². The van der Waals surface area contributed by atoms with E-state index in [4.69, 9.17) is 0 Å². The van der Waals surface area contributed by atoms with E-state index < -0.39 is 21.3 Å². The van der Waals surface area contributed by atoms with Crippen molar-refractivity contribution < 1.29 is 18.0 Å². The third-order valence-corrected chi connectivity index (χ3v) is 6.94. The number of rotatable bonds is 4. The van der Waals surface area contributed by atoms with Crippen LogP contribution < -0.4 is 9.79 Å². The van der Waals surface area contributed by atoms with Gasteiger partial charge in [0, 0.05) is 11.6 Å². The number of aryl methyl sites for hydroxylation is 1. The molecule has 0 aliphatic carbocycles. The van der Waals surface area contributed by atoms with Gasteiger partial charge in [0.05, 0.1) is 28.0 Å². The Labute approximate surface area is 193 Å². The molecular weight excluding hydrogens is 443 g/mol. The molecule has 174 valence electrons. The van der Waals surface area contributed by atoms with Gasteiger partial charge in [0.25, 0.3) is 10.0 Å². The van der Waals surface area contributed by atoms with E-state index >= 15 is 0 Å². The fourth-order valence-corrected chi connectivity index (χ4v) is 4.90. The molecule has 4 rings (SSSR count). The number of hydroxylamine groups is 1. The first-order valence-electron chi connectivity index (χ1n) is 10.6. The molecule has 1 aliphatic heterocycles. The van der Waals surface area contributed by atoms with Crippen molar-refractivity contribution in [1.29, 1.82) is 0 Å². The van der Waals surface area contributed by atoms with E-state index in [1.807, 2.05) is 39.8 Å². The molecule has 2 aromatic carbocycles. The van der Waals surface area contributed by atoms with Crippen molar-refractivity contribution >= 4 is 27.6 Å². The molecule has 2 heterocycles. The number of anilines is 2. The number of hydrogen-bond donors (Lipinski definition) is 2. The lowest BCUT2D eigenvalue weighted by Gasteiger charge is -2.28. The summed E-state index contributed by atoms with van der Waals surface area (Å²) in [7, 11) is -4.08. The summed E-state index contributed by atoms with van der Waals surface area (Å²) in [5, 5.41) is 16.0. The second-order valence-corrected chi connectivity index (χ2v) is 10.9. The molecule has 33 heavy (non-hydrogen) atoms. The van der Waals surface area contributed by atoms with Crippen molar-refractivity contribution in [3.63, 3.8) is 0 Å². The minimum Gasteiger partial charge on any atom is -0.288 e. The Balaban J connectivity index is 1.75. The summed E-state index contributed by atoms with van der Waals surface area (Å²) in [5.74, 6) is -0.368. The van der Waals surface area contributed by atoms with Gasteiger partial charge >= 0.3 is 0 Å². The summed E-state index contributed by atoms with van der Waals surface area (Å²) in [4.78, 5) is -0.177. The van der Waals surface area contributed by atoms with Crippen LogP contribution in [0.3, 0.4) is 0 Å². The molecule has 0 radical (unpaired) electrons. The van der Waals surface area contributed by atoms with Crippen LogP contribution in [0.25, 0.3) is 11.8 Å². The normalized spacial score (nSPS) is 16.1. The quantitative estimate of drug-likeness (QED) is 0.559. The summed E-state index contributed by atoms with van der Waals surface area (Å²) in [6.07, 6.45) is 3.71. The van der Waals surface area contributed by atoms with Crippen molar-refractivity contribution in [3.8, 4) is 5.69 Å². The molecule has 0 spiro atoms. The molecule has 0 amide bonds. The highest BCUT2D eigenvalue weighted by atomic mass is 32.2. The van der Waals surface area contributed by atoms with Gasteiger partial charge in [0.1, 0.15) is 11.6 Å². The van der Waals surface area contributed by atoms with E-state index in [1.54, 1.807) is 31.2 Å². The Morgan fingerprint density at radius 3 is 2.48 bits per heavy atom. The number of hydrogen-bond acceptors (Lipinski definition) is 5. The van der Waals surface area contributed by atoms with Gasteiger partial charge in [-0.1, -0.05) is 45.1 Å². The number of benzene rings is 2. The first-order valence-corrected chi connectivity index (χ1v) is 12.1. The molecular formula is C24H27FN4O3S. The van der Waals surface area contributed by atoms with Crippen LogP contribution in [0.15, 0.2) is 53.4 Å². The van der Waals surface area contributed by atoms with Crippen molar-refractivity contribution in [3.05, 3.63) is 71.2 Å². The summed E-state index contributed by atoms with van der Waals surface area (Å²) in [5.41, 5.74) is 2.45. The molecule has 2 N–H and O–H groups in total. The topological polar surface area (TPSA) is 87.5 Å². The second-order valence-electron chi connectivity index (χ2n) is 9.23. The maximum Gasteiger partial charge on any atom is 0.263 e. The minimum atomic E-state index is -4.08. The summed E-state index contributed by atoms with van der Waals surface area (Å²) < 4.78 is 44.9. The maximum absolute atomic E-state index is 14.7. The highest BCUT2D eigenvalue weighted by Crippen LogP contribution is 2.34. The zero-order valence-electron chi connectivity index (χ0n) is 19.2. The first kappa shape index (κ1) is 23.0. The van der Waals surface area contributed by atoms with E-state index in [0.29, 0.717) is 28.2 Å². The molecule has 7 nitrogen and oxygen atoms in total. The van der Waals surface area contributed by atoms with Gasteiger partial charge in [0.2, 0.25) is 0 Å². The van der Waals surface area contributed by atoms with Crippen LogP contribution >= 0.6 is 0 Å². The average molecular weight is 471 g/mol. The molecule has 9 heteroatoms. The number of nitrogens with one attached hydrogen (secondary N) is 1. The smallest absolute Gasteiger partial charge is 0.263 e. The molecule has 3 aromatic rings. The Morgan fingerprint density at radius 1 is 1.12 bits per heavy atom. The number of nitrogens with zero attached hydrogens (tertiary/aromatic N) is 3. The SMILES string of the molecule is Cc1cc(NS(=O)(=O)c2ccc(C(C)(C)C)c(F)c2)n(-c2cccc3c2C=CC(C)N3O)n1. The van der Waals surface area contributed by atoms with Gasteiger partial charge in [-0.05, 0) is 49.1 Å².